The molecule has 0 bridgehead atoms. The van der Waals surface area contributed by atoms with E-state index in [0.717, 1.165) is 31.4 Å². The summed E-state index contributed by atoms with van der Waals surface area (Å²) in [5, 5.41) is 0.465. The van der Waals surface area contributed by atoms with Crippen molar-refractivity contribution in [3.8, 4) is 5.75 Å². The third-order valence-electron chi connectivity index (χ3n) is 3.87. The van der Waals surface area contributed by atoms with Crippen molar-refractivity contribution < 1.29 is 4.74 Å². The molecule has 0 aromatic carbocycles. The number of aromatic nitrogens is 1. The fourth-order valence-electron chi connectivity index (χ4n) is 2.92. The van der Waals surface area contributed by atoms with Gasteiger partial charge in [-0.1, -0.05) is 60.1 Å². The predicted molar refractivity (Wildman–Crippen MR) is 111 cm³/mol. The van der Waals surface area contributed by atoms with Crippen LogP contribution >= 0.6 is 11.6 Å². The molecular weight excluding hydrogens is 332 g/mol. The molecule has 2 N–H and O–H groups in total. The van der Waals surface area contributed by atoms with Crippen LogP contribution in [0.1, 0.15) is 86.8 Å². The van der Waals surface area contributed by atoms with Crippen LogP contribution in [-0.4, -0.2) is 16.6 Å². The first kappa shape index (κ1) is 24.2. The van der Waals surface area contributed by atoms with E-state index in [0.29, 0.717) is 10.9 Å². The highest BCUT2D eigenvalue weighted by atomic mass is 35.5. The van der Waals surface area contributed by atoms with Crippen LogP contribution in [0.15, 0.2) is 12.1 Å². The number of halogens is 1. The van der Waals surface area contributed by atoms with Crippen molar-refractivity contribution in [1.29, 1.82) is 0 Å². The third kappa shape index (κ3) is 8.42. The maximum absolute atomic E-state index is 6.31. The van der Waals surface area contributed by atoms with Crippen molar-refractivity contribution in [1.82, 2.24) is 4.98 Å². The summed E-state index contributed by atoms with van der Waals surface area (Å²) in [6.45, 7) is 16.6. The Kier molecular flexibility index (Phi) is 10.7. The molecule has 1 aromatic heterocycles. The van der Waals surface area contributed by atoms with Gasteiger partial charge in [0.2, 0.25) is 0 Å². The molecule has 4 heteroatoms. The first-order valence-electron chi connectivity index (χ1n) is 9.79. The molecule has 25 heavy (non-hydrogen) atoms. The SMILES string of the molecule is CC.CC.CC(N)CC1(Oc2ccc(CC(C)(C)C)nc2Cl)CCC1. The Balaban J connectivity index is 0.00000134. The van der Waals surface area contributed by atoms with Gasteiger partial charge < -0.3 is 10.5 Å². The van der Waals surface area contributed by atoms with Gasteiger partial charge in [-0.05, 0) is 50.2 Å². The maximum Gasteiger partial charge on any atom is 0.171 e. The van der Waals surface area contributed by atoms with Crippen molar-refractivity contribution in [2.45, 2.75) is 99.1 Å². The lowest BCUT2D eigenvalue weighted by atomic mass is 9.76. The minimum absolute atomic E-state index is 0.134. The first-order chi connectivity index (χ1) is 11.7. The Labute approximate surface area is 160 Å². The van der Waals surface area contributed by atoms with E-state index in [1.807, 2.05) is 46.8 Å². The molecule has 1 aliphatic rings. The molecule has 0 radical (unpaired) electrons. The standard InChI is InChI=1S/C17H27ClN2O.2C2H6/c1-12(19)10-17(8-5-9-17)21-14-7-6-13(20-15(14)18)11-16(2,3)4;2*1-2/h6-7,12H,5,8-11,19H2,1-4H3;2*1-2H3. The van der Waals surface area contributed by atoms with Gasteiger partial charge in [-0.15, -0.1) is 0 Å². The van der Waals surface area contributed by atoms with Gasteiger partial charge in [-0.2, -0.15) is 0 Å². The quantitative estimate of drug-likeness (QED) is 0.608. The van der Waals surface area contributed by atoms with Gasteiger partial charge in [-0.3, -0.25) is 0 Å². The van der Waals surface area contributed by atoms with Crippen LogP contribution in [0.25, 0.3) is 0 Å². The average Bonchev–Trinajstić information content (AvgIpc) is 2.49. The van der Waals surface area contributed by atoms with E-state index < -0.39 is 0 Å². The van der Waals surface area contributed by atoms with Crippen molar-refractivity contribution in [2.24, 2.45) is 11.1 Å². The van der Waals surface area contributed by atoms with Crippen LogP contribution in [0.4, 0.5) is 0 Å². The summed E-state index contributed by atoms with van der Waals surface area (Å²) in [7, 11) is 0. The zero-order chi connectivity index (χ0) is 19.7. The van der Waals surface area contributed by atoms with Gasteiger partial charge in [-0.25, -0.2) is 4.98 Å². The van der Waals surface area contributed by atoms with Crippen molar-refractivity contribution in [3.05, 3.63) is 23.0 Å². The topological polar surface area (TPSA) is 48.1 Å². The Morgan fingerprint density at radius 1 is 1.20 bits per heavy atom. The largest absolute Gasteiger partial charge is 0.484 e. The molecular formula is C21H39ClN2O. The van der Waals surface area contributed by atoms with E-state index in [9.17, 15) is 0 Å². The van der Waals surface area contributed by atoms with Gasteiger partial charge >= 0.3 is 0 Å². The van der Waals surface area contributed by atoms with Gasteiger partial charge in [0.05, 0.1) is 0 Å². The summed E-state index contributed by atoms with van der Waals surface area (Å²) in [6.07, 6.45) is 5.06. The fraction of sp³-hybridized carbons (Fsp3) is 0.762. The molecule has 1 atom stereocenters. The number of nitrogens with zero attached hydrogens (tertiary/aromatic N) is 1. The van der Waals surface area contributed by atoms with Crippen molar-refractivity contribution in [2.75, 3.05) is 0 Å². The van der Waals surface area contributed by atoms with Crippen molar-refractivity contribution >= 4 is 11.6 Å². The average molecular weight is 371 g/mol. The molecule has 1 aliphatic carbocycles. The van der Waals surface area contributed by atoms with E-state index in [2.05, 4.69) is 25.8 Å². The molecule has 0 spiro atoms. The molecule has 2 rings (SSSR count). The Morgan fingerprint density at radius 3 is 2.12 bits per heavy atom. The highest BCUT2D eigenvalue weighted by molar-refractivity contribution is 6.30. The molecule has 0 amide bonds. The van der Waals surface area contributed by atoms with E-state index in [1.165, 1.54) is 6.42 Å². The van der Waals surface area contributed by atoms with Crippen molar-refractivity contribution in [3.63, 3.8) is 0 Å². The molecule has 1 heterocycles. The number of ether oxygens (including phenoxy) is 1. The molecule has 1 aromatic rings. The summed E-state index contributed by atoms with van der Waals surface area (Å²) in [5.74, 6) is 0.690. The number of hydrogen-bond donors (Lipinski definition) is 1. The van der Waals surface area contributed by atoms with Crippen LogP contribution in [0, 0.1) is 5.41 Å². The van der Waals surface area contributed by atoms with Crippen LogP contribution in [0.2, 0.25) is 5.15 Å². The third-order valence-corrected chi connectivity index (χ3v) is 4.14. The summed E-state index contributed by atoms with van der Waals surface area (Å²) in [6, 6.07) is 4.11. The van der Waals surface area contributed by atoms with Crippen LogP contribution in [-0.2, 0) is 6.42 Å². The second kappa shape index (κ2) is 11.0. The van der Waals surface area contributed by atoms with E-state index in [-0.39, 0.29) is 17.1 Å². The molecule has 1 saturated carbocycles. The van der Waals surface area contributed by atoms with Gasteiger partial charge in [0.15, 0.2) is 10.9 Å². The fourth-order valence-corrected chi connectivity index (χ4v) is 3.13. The number of rotatable bonds is 5. The Hall–Kier alpha value is -0.800. The van der Waals surface area contributed by atoms with Crippen LogP contribution in [0.3, 0.4) is 0 Å². The summed E-state index contributed by atoms with van der Waals surface area (Å²) in [5.41, 5.74) is 7.02. The number of pyridine rings is 1. The second-order valence-corrected chi connectivity index (χ2v) is 8.01. The van der Waals surface area contributed by atoms with E-state index in [1.54, 1.807) is 0 Å². The first-order valence-corrected chi connectivity index (χ1v) is 10.2. The summed E-state index contributed by atoms with van der Waals surface area (Å²) >= 11 is 6.31. The number of nitrogens with two attached hydrogens (primary N) is 1. The van der Waals surface area contributed by atoms with Gasteiger partial charge in [0.1, 0.15) is 5.60 Å². The lowest BCUT2D eigenvalue weighted by Gasteiger charge is -2.43. The molecule has 0 aliphatic heterocycles. The summed E-state index contributed by atoms with van der Waals surface area (Å²) < 4.78 is 6.19. The minimum Gasteiger partial charge on any atom is -0.484 e. The predicted octanol–water partition coefficient (Wildman–Crippen LogP) is 6.41. The highest BCUT2D eigenvalue weighted by Crippen LogP contribution is 2.41. The zero-order valence-corrected chi connectivity index (χ0v) is 18.3. The smallest absolute Gasteiger partial charge is 0.171 e. The molecule has 146 valence electrons. The highest BCUT2D eigenvalue weighted by Gasteiger charge is 2.40. The molecule has 1 unspecified atom stereocenters. The van der Waals surface area contributed by atoms with Gasteiger partial charge in [0, 0.05) is 18.2 Å². The molecule has 1 fully saturated rings. The van der Waals surface area contributed by atoms with Crippen LogP contribution < -0.4 is 10.5 Å². The van der Waals surface area contributed by atoms with Gasteiger partial charge in [0.25, 0.3) is 0 Å². The van der Waals surface area contributed by atoms with Crippen LogP contribution in [0.5, 0.6) is 5.75 Å². The Bertz CT molecular complexity index is 491. The summed E-state index contributed by atoms with van der Waals surface area (Å²) in [4.78, 5) is 4.49. The molecule has 3 nitrogen and oxygen atoms in total. The zero-order valence-electron chi connectivity index (χ0n) is 17.6. The monoisotopic (exact) mass is 370 g/mol. The molecule has 0 saturated heterocycles. The van der Waals surface area contributed by atoms with E-state index in [4.69, 9.17) is 22.1 Å². The Morgan fingerprint density at radius 2 is 1.76 bits per heavy atom. The minimum atomic E-state index is -0.134. The lowest BCUT2D eigenvalue weighted by molar-refractivity contribution is -0.0190. The normalized spacial score (nSPS) is 16.4. The lowest BCUT2D eigenvalue weighted by Crippen LogP contribution is -2.47. The number of hydrogen-bond acceptors (Lipinski definition) is 3. The maximum atomic E-state index is 6.31. The van der Waals surface area contributed by atoms with E-state index >= 15 is 0 Å². The second-order valence-electron chi connectivity index (χ2n) is 7.65.